The number of esters is 1. The summed E-state index contributed by atoms with van der Waals surface area (Å²) >= 11 is 4.23. The number of halogens is 1. The van der Waals surface area contributed by atoms with Crippen LogP contribution in [0.15, 0.2) is 16.9 Å². The number of aryl methyl sites for hydroxylation is 1. The van der Waals surface area contributed by atoms with E-state index in [0.717, 1.165) is 15.8 Å². The van der Waals surface area contributed by atoms with Crippen LogP contribution in [0.2, 0.25) is 0 Å². The Morgan fingerprint density at radius 3 is 2.71 bits per heavy atom. The topological polar surface area (TPSA) is 116 Å². The first-order valence-corrected chi connectivity index (χ1v) is 8.43. The third-order valence-corrected chi connectivity index (χ3v) is 4.81. The van der Waals surface area contributed by atoms with E-state index >= 15 is 0 Å². The van der Waals surface area contributed by atoms with Crippen LogP contribution < -0.4 is 11.1 Å². The Morgan fingerprint density at radius 2 is 2.17 bits per heavy atom. The molecule has 0 saturated heterocycles. The molecule has 0 aliphatic rings. The van der Waals surface area contributed by atoms with Gasteiger partial charge < -0.3 is 15.8 Å². The number of thiophene rings is 1. The Bertz CT molecular complexity index is 799. The van der Waals surface area contributed by atoms with E-state index in [2.05, 4.69) is 26.3 Å². The lowest BCUT2D eigenvalue weighted by molar-refractivity contribution is -0.116. The number of carbonyl (C=O) groups excluding carboxylic acids is 3. The molecular formula is C14H15BrN4O4S. The Labute approximate surface area is 150 Å². The van der Waals surface area contributed by atoms with E-state index in [0.29, 0.717) is 12.1 Å². The van der Waals surface area contributed by atoms with Crippen LogP contribution in [0.1, 0.15) is 32.0 Å². The number of amides is 2. The fraction of sp³-hybridized carbons (Fsp3) is 0.286. The molecule has 8 nitrogen and oxygen atoms in total. The maximum atomic E-state index is 12.1. The lowest BCUT2D eigenvalue weighted by Gasteiger charge is -2.06. The summed E-state index contributed by atoms with van der Waals surface area (Å²) in [6, 6.07) is 0. The first kappa shape index (κ1) is 18.1. The molecule has 0 radical (unpaired) electrons. The lowest BCUT2D eigenvalue weighted by atomic mass is 10.1. The van der Waals surface area contributed by atoms with Crippen LogP contribution in [0, 0.1) is 6.92 Å². The van der Waals surface area contributed by atoms with Gasteiger partial charge in [0.2, 0.25) is 5.91 Å². The van der Waals surface area contributed by atoms with Gasteiger partial charge in [-0.1, -0.05) is 0 Å². The molecule has 2 aromatic heterocycles. The molecule has 128 valence electrons. The van der Waals surface area contributed by atoms with Crippen molar-refractivity contribution < 1.29 is 19.1 Å². The highest BCUT2D eigenvalue weighted by Crippen LogP contribution is 2.33. The Balaban J connectivity index is 2.15. The number of carbonyl (C=O) groups is 3. The molecule has 0 bridgehead atoms. The molecule has 2 rings (SSSR count). The van der Waals surface area contributed by atoms with Gasteiger partial charge in [-0.05, 0) is 28.4 Å². The molecule has 0 fully saturated rings. The van der Waals surface area contributed by atoms with Crippen LogP contribution >= 0.6 is 27.3 Å². The second kappa shape index (κ2) is 7.58. The molecule has 0 atom stereocenters. The lowest BCUT2D eigenvalue weighted by Crippen LogP contribution is -2.16. The number of primary amides is 1. The van der Waals surface area contributed by atoms with Gasteiger partial charge in [-0.3, -0.25) is 14.3 Å². The number of nitrogens with zero attached hydrogens (tertiary/aromatic N) is 2. The van der Waals surface area contributed by atoms with Gasteiger partial charge in [0.1, 0.15) is 5.00 Å². The van der Waals surface area contributed by atoms with Gasteiger partial charge in [-0.25, -0.2) is 4.79 Å². The molecule has 10 heteroatoms. The SMILES string of the molecule is COC(=O)c1c(NC(=O)CCn2cc(Br)cn2)sc(C(N)=O)c1C. The van der Waals surface area contributed by atoms with Crippen LogP contribution in [-0.4, -0.2) is 34.7 Å². The zero-order valence-electron chi connectivity index (χ0n) is 13.0. The van der Waals surface area contributed by atoms with Crippen molar-refractivity contribution in [3.05, 3.63) is 32.9 Å². The third-order valence-electron chi connectivity index (χ3n) is 3.18. The van der Waals surface area contributed by atoms with Crippen molar-refractivity contribution in [1.29, 1.82) is 0 Å². The number of aromatic nitrogens is 2. The zero-order chi connectivity index (χ0) is 17.9. The highest BCUT2D eigenvalue weighted by atomic mass is 79.9. The summed E-state index contributed by atoms with van der Waals surface area (Å²) in [6.07, 6.45) is 3.51. The summed E-state index contributed by atoms with van der Waals surface area (Å²) in [6.45, 7) is 1.96. The summed E-state index contributed by atoms with van der Waals surface area (Å²) in [5, 5.41) is 6.94. The summed E-state index contributed by atoms with van der Waals surface area (Å²) in [5.41, 5.74) is 5.84. The van der Waals surface area contributed by atoms with Gasteiger partial charge in [0, 0.05) is 19.2 Å². The number of rotatable bonds is 6. The van der Waals surface area contributed by atoms with Crippen molar-refractivity contribution in [2.45, 2.75) is 19.9 Å². The third kappa shape index (κ3) is 4.01. The van der Waals surface area contributed by atoms with Crippen LogP contribution in [0.5, 0.6) is 0 Å². The monoisotopic (exact) mass is 414 g/mol. The fourth-order valence-electron chi connectivity index (χ4n) is 2.05. The van der Waals surface area contributed by atoms with E-state index < -0.39 is 11.9 Å². The maximum Gasteiger partial charge on any atom is 0.341 e. The van der Waals surface area contributed by atoms with Crippen molar-refractivity contribution in [3.63, 3.8) is 0 Å². The van der Waals surface area contributed by atoms with Gasteiger partial charge in [0.15, 0.2) is 0 Å². The van der Waals surface area contributed by atoms with Crippen molar-refractivity contribution in [1.82, 2.24) is 9.78 Å². The molecule has 2 amide bonds. The van der Waals surface area contributed by atoms with Crippen molar-refractivity contribution in [3.8, 4) is 0 Å². The van der Waals surface area contributed by atoms with Crippen LogP contribution in [-0.2, 0) is 16.1 Å². The summed E-state index contributed by atoms with van der Waals surface area (Å²) in [4.78, 5) is 35.7. The molecule has 0 aromatic carbocycles. The Hall–Kier alpha value is -2.20. The first-order chi connectivity index (χ1) is 11.3. The molecule has 0 unspecified atom stereocenters. The van der Waals surface area contributed by atoms with Crippen LogP contribution in [0.25, 0.3) is 0 Å². The van der Waals surface area contributed by atoms with Crippen molar-refractivity contribution >= 4 is 50.1 Å². The second-order valence-corrected chi connectivity index (χ2v) is 6.77. The van der Waals surface area contributed by atoms with Crippen LogP contribution in [0.4, 0.5) is 5.00 Å². The normalized spacial score (nSPS) is 10.5. The number of anilines is 1. The number of nitrogens with two attached hydrogens (primary N) is 1. The quantitative estimate of drug-likeness (QED) is 0.700. The van der Waals surface area contributed by atoms with E-state index in [1.807, 2.05) is 0 Å². The highest BCUT2D eigenvalue weighted by molar-refractivity contribution is 9.10. The molecular weight excluding hydrogens is 400 g/mol. The van der Waals surface area contributed by atoms with E-state index in [4.69, 9.17) is 10.5 Å². The summed E-state index contributed by atoms with van der Waals surface area (Å²) in [7, 11) is 1.23. The summed E-state index contributed by atoms with van der Waals surface area (Å²) < 4.78 is 7.14. The maximum absolute atomic E-state index is 12.1. The Kier molecular flexibility index (Phi) is 5.73. The number of nitrogens with one attached hydrogen (secondary N) is 1. The number of hydrogen-bond donors (Lipinski definition) is 2. The predicted molar refractivity (Wildman–Crippen MR) is 92.1 cm³/mol. The smallest absolute Gasteiger partial charge is 0.341 e. The Morgan fingerprint density at radius 1 is 1.46 bits per heavy atom. The van der Waals surface area contributed by atoms with E-state index in [9.17, 15) is 14.4 Å². The van der Waals surface area contributed by atoms with Gasteiger partial charge in [0.05, 0.1) is 28.2 Å². The van der Waals surface area contributed by atoms with E-state index in [-0.39, 0.29) is 27.8 Å². The van der Waals surface area contributed by atoms with Gasteiger partial charge >= 0.3 is 5.97 Å². The van der Waals surface area contributed by atoms with Crippen molar-refractivity contribution in [2.75, 3.05) is 12.4 Å². The molecule has 24 heavy (non-hydrogen) atoms. The van der Waals surface area contributed by atoms with Gasteiger partial charge in [0.25, 0.3) is 5.91 Å². The number of ether oxygens (including phenoxy) is 1. The molecule has 0 aliphatic carbocycles. The summed E-state index contributed by atoms with van der Waals surface area (Å²) in [5.74, 6) is -1.61. The average molecular weight is 415 g/mol. The van der Waals surface area contributed by atoms with Crippen molar-refractivity contribution in [2.24, 2.45) is 5.73 Å². The molecule has 0 saturated carbocycles. The van der Waals surface area contributed by atoms with E-state index in [1.54, 1.807) is 24.0 Å². The number of hydrogen-bond acceptors (Lipinski definition) is 6. The molecule has 2 aromatic rings. The molecule has 2 heterocycles. The van der Waals surface area contributed by atoms with Gasteiger partial charge in [-0.15, -0.1) is 11.3 Å². The van der Waals surface area contributed by atoms with Crippen LogP contribution in [0.3, 0.4) is 0 Å². The van der Waals surface area contributed by atoms with E-state index in [1.165, 1.54) is 7.11 Å². The standard InChI is InChI=1S/C14H15BrN4O4S/c1-7-10(14(22)23-2)13(24-11(7)12(16)21)18-9(20)3-4-19-6-8(15)5-17-19/h5-6H,3-4H2,1-2H3,(H2,16,21)(H,18,20). The minimum atomic E-state index is -0.662. The fourth-order valence-corrected chi connectivity index (χ4v) is 3.44. The molecule has 3 N–H and O–H groups in total. The minimum absolute atomic E-state index is 0.145. The predicted octanol–water partition coefficient (Wildman–Crippen LogP) is 1.93. The largest absolute Gasteiger partial charge is 0.465 e. The molecule has 0 aliphatic heterocycles. The first-order valence-electron chi connectivity index (χ1n) is 6.82. The second-order valence-electron chi connectivity index (χ2n) is 4.84. The van der Waals surface area contributed by atoms with Gasteiger partial charge in [-0.2, -0.15) is 5.10 Å². The minimum Gasteiger partial charge on any atom is -0.465 e. The highest BCUT2D eigenvalue weighted by Gasteiger charge is 2.25. The average Bonchev–Trinajstić information content (AvgIpc) is 3.08. The molecule has 0 spiro atoms. The zero-order valence-corrected chi connectivity index (χ0v) is 15.4. The number of methoxy groups -OCH3 is 1.